The van der Waals surface area contributed by atoms with E-state index in [1.807, 2.05) is 0 Å². The summed E-state index contributed by atoms with van der Waals surface area (Å²) >= 11 is 0. The van der Waals surface area contributed by atoms with E-state index in [2.05, 4.69) is 116 Å². The lowest BCUT2D eigenvalue weighted by Crippen LogP contribution is -2.71. The Bertz CT molecular complexity index is 1140. The van der Waals surface area contributed by atoms with Gasteiger partial charge in [0.15, 0.2) is 0 Å². The van der Waals surface area contributed by atoms with E-state index in [0.717, 1.165) is 51.4 Å². The van der Waals surface area contributed by atoms with Gasteiger partial charge < -0.3 is 20.7 Å². The van der Waals surface area contributed by atoms with Gasteiger partial charge in [0.25, 0.3) is 0 Å². The monoisotopic (exact) mass is 788 g/mol. The van der Waals surface area contributed by atoms with Crippen LogP contribution >= 0.6 is 0 Å². The SMILES string of the molecule is CCCCCCCCCCCCCCCCCC(=O)OC1CC(C)(C)N(C(CC(=O)NC2CC(C)(C)NC(C)(C)C2)NC2CC(C)(C)NC(C)(C)C2)C(C)(C)C1. The number of rotatable bonds is 23. The Labute approximate surface area is 346 Å². The number of ether oxygens (including phenoxy) is 1. The highest BCUT2D eigenvalue weighted by Gasteiger charge is 2.51. The second-order valence-electron chi connectivity index (χ2n) is 22.7. The average Bonchev–Trinajstić information content (AvgIpc) is 2.98. The Balaban J connectivity index is 1.54. The minimum Gasteiger partial charge on any atom is -0.462 e. The lowest BCUT2D eigenvalue weighted by Gasteiger charge is -2.59. The minimum atomic E-state index is -0.296. The molecule has 1 amide bonds. The highest BCUT2D eigenvalue weighted by Crippen LogP contribution is 2.42. The maximum absolute atomic E-state index is 14.1. The van der Waals surface area contributed by atoms with Gasteiger partial charge in [-0.15, -0.1) is 0 Å². The van der Waals surface area contributed by atoms with E-state index in [0.29, 0.717) is 12.8 Å². The van der Waals surface area contributed by atoms with Crippen LogP contribution in [0.15, 0.2) is 0 Å². The number of esters is 1. The van der Waals surface area contributed by atoms with Crippen molar-refractivity contribution in [3.63, 3.8) is 0 Å². The highest BCUT2D eigenvalue weighted by molar-refractivity contribution is 5.77. The molecule has 0 aromatic heterocycles. The summed E-state index contributed by atoms with van der Waals surface area (Å²) in [4.78, 5) is 29.9. The molecule has 3 aliphatic heterocycles. The smallest absolute Gasteiger partial charge is 0.306 e. The molecule has 3 rings (SSSR count). The summed E-state index contributed by atoms with van der Waals surface area (Å²) in [6.45, 7) is 29.5. The van der Waals surface area contributed by atoms with Crippen LogP contribution in [0.5, 0.6) is 0 Å². The number of hydrogen-bond donors (Lipinski definition) is 4. The van der Waals surface area contributed by atoms with Crippen LogP contribution in [0.25, 0.3) is 0 Å². The number of likely N-dealkylation sites (tertiary alicyclic amines) is 1. The molecule has 1 unspecified atom stereocenters. The molecule has 328 valence electrons. The molecule has 0 aromatic rings. The topological polar surface area (TPSA) is 94.7 Å². The van der Waals surface area contributed by atoms with Gasteiger partial charge >= 0.3 is 5.97 Å². The Hall–Kier alpha value is -1.22. The van der Waals surface area contributed by atoms with E-state index in [9.17, 15) is 9.59 Å². The van der Waals surface area contributed by atoms with E-state index in [1.165, 1.54) is 83.5 Å². The molecule has 3 saturated heterocycles. The largest absolute Gasteiger partial charge is 0.462 e. The van der Waals surface area contributed by atoms with Crippen molar-refractivity contribution in [2.45, 2.75) is 295 Å². The third-order valence-electron chi connectivity index (χ3n) is 12.9. The number of hydrogen-bond acceptors (Lipinski definition) is 7. The van der Waals surface area contributed by atoms with Crippen LogP contribution in [0, 0.1) is 0 Å². The standard InChI is InChI=1S/C48H93N5O3/c1-14-15-16-17-18-19-20-21-22-23-24-25-26-27-28-29-42(55)56-39-35-47(10,11)53(48(12,13)36-39)40(49-37-31-43(2,3)51-44(4,5)32-37)30-41(54)50-38-33-45(6,7)52-46(8,9)34-38/h37-40,49,51-52H,14-36H2,1-13H3,(H,50,54). The normalized spacial score (nSPS) is 24.1. The summed E-state index contributed by atoms with van der Waals surface area (Å²) in [5.41, 5.74) is -0.709. The zero-order chi connectivity index (χ0) is 41.8. The number of unbranched alkanes of at least 4 members (excludes halogenated alkanes) is 14. The molecule has 0 aliphatic carbocycles. The van der Waals surface area contributed by atoms with Gasteiger partial charge in [-0.05, 0) is 115 Å². The molecule has 56 heavy (non-hydrogen) atoms. The Kier molecular flexibility index (Phi) is 18.7. The van der Waals surface area contributed by atoms with Crippen molar-refractivity contribution in [2.75, 3.05) is 0 Å². The molecular formula is C48H93N5O3. The summed E-state index contributed by atoms with van der Waals surface area (Å²) in [5.74, 6) is 0.0582. The zero-order valence-corrected chi connectivity index (χ0v) is 39.2. The predicted octanol–water partition coefficient (Wildman–Crippen LogP) is 10.9. The van der Waals surface area contributed by atoms with Crippen LogP contribution in [0.4, 0.5) is 0 Å². The first-order valence-corrected chi connectivity index (χ1v) is 23.6. The summed E-state index contributed by atoms with van der Waals surface area (Å²) in [6.07, 6.45) is 25.6. The lowest BCUT2D eigenvalue weighted by molar-refractivity contribution is -0.166. The number of nitrogens with one attached hydrogen (secondary N) is 4. The number of carbonyl (C=O) groups excluding carboxylic acids is 2. The predicted molar refractivity (Wildman–Crippen MR) is 237 cm³/mol. The van der Waals surface area contributed by atoms with Gasteiger partial charge in [-0.25, -0.2) is 0 Å². The fraction of sp³-hybridized carbons (Fsp3) is 0.958. The quantitative estimate of drug-likeness (QED) is 0.0605. The van der Waals surface area contributed by atoms with Gasteiger partial charge in [-0.1, -0.05) is 96.8 Å². The van der Waals surface area contributed by atoms with Crippen molar-refractivity contribution in [3.8, 4) is 0 Å². The minimum absolute atomic E-state index is 0.0165. The third-order valence-corrected chi connectivity index (χ3v) is 12.9. The average molecular weight is 788 g/mol. The fourth-order valence-electron chi connectivity index (χ4n) is 11.8. The highest BCUT2D eigenvalue weighted by atomic mass is 16.5. The molecule has 0 saturated carbocycles. The Morgan fingerprint density at radius 1 is 0.571 bits per heavy atom. The number of nitrogens with zero attached hydrogens (tertiary/aromatic N) is 1. The van der Waals surface area contributed by atoms with Crippen molar-refractivity contribution in [2.24, 2.45) is 0 Å². The first-order valence-electron chi connectivity index (χ1n) is 23.6. The molecule has 3 heterocycles. The van der Waals surface area contributed by atoms with Crippen LogP contribution in [0.1, 0.15) is 238 Å². The second kappa shape index (κ2) is 21.3. The molecule has 0 bridgehead atoms. The number of piperidine rings is 3. The van der Waals surface area contributed by atoms with Crippen LogP contribution < -0.4 is 21.3 Å². The molecule has 3 fully saturated rings. The van der Waals surface area contributed by atoms with Crippen molar-refractivity contribution in [1.82, 2.24) is 26.2 Å². The summed E-state index contributed by atoms with van der Waals surface area (Å²) in [6, 6.07) is 0.384. The maximum Gasteiger partial charge on any atom is 0.306 e. The van der Waals surface area contributed by atoms with E-state index in [-0.39, 0.29) is 69.5 Å². The second-order valence-corrected chi connectivity index (χ2v) is 22.7. The van der Waals surface area contributed by atoms with Crippen LogP contribution in [-0.2, 0) is 14.3 Å². The van der Waals surface area contributed by atoms with Gasteiger partial charge in [0.2, 0.25) is 5.91 Å². The van der Waals surface area contributed by atoms with E-state index in [1.54, 1.807) is 0 Å². The molecule has 0 spiro atoms. The van der Waals surface area contributed by atoms with Crippen LogP contribution in [0.3, 0.4) is 0 Å². The zero-order valence-electron chi connectivity index (χ0n) is 39.2. The summed E-state index contributed by atoms with van der Waals surface area (Å²) in [7, 11) is 0. The Morgan fingerprint density at radius 2 is 0.946 bits per heavy atom. The van der Waals surface area contributed by atoms with E-state index in [4.69, 9.17) is 4.74 Å². The first kappa shape index (κ1) is 49.1. The molecule has 0 radical (unpaired) electrons. The van der Waals surface area contributed by atoms with Gasteiger partial charge in [0.1, 0.15) is 6.10 Å². The summed E-state index contributed by atoms with van der Waals surface area (Å²) < 4.78 is 6.26. The van der Waals surface area contributed by atoms with Crippen molar-refractivity contribution in [3.05, 3.63) is 0 Å². The van der Waals surface area contributed by atoms with Gasteiger partial charge in [-0.3, -0.25) is 19.8 Å². The molecule has 8 heteroatoms. The summed E-state index contributed by atoms with van der Waals surface area (Å²) in [5, 5.41) is 15.2. The maximum atomic E-state index is 14.1. The van der Waals surface area contributed by atoms with Crippen molar-refractivity contribution < 1.29 is 14.3 Å². The fourth-order valence-corrected chi connectivity index (χ4v) is 11.8. The van der Waals surface area contributed by atoms with Gasteiger partial charge in [-0.2, -0.15) is 0 Å². The van der Waals surface area contributed by atoms with E-state index >= 15 is 0 Å². The molecule has 0 aromatic carbocycles. The molecule has 1 atom stereocenters. The van der Waals surface area contributed by atoms with Gasteiger partial charge in [0.05, 0.1) is 12.6 Å². The number of amides is 1. The molecule has 8 nitrogen and oxygen atoms in total. The number of carbonyl (C=O) groups is 2. The molecule has 3 aliphatic rings. The lowest BCUT2D eigenvalue weighted by atomic mass is 9.76. The Morgan fingerprint density at radius 3 is 1.36 bits per heavy atom. The molecular weight excluding hydrogens is 695 g/mol. The first-order chi connectivity index (χ1) is 25.9. The third kappa shape index (κ3) is 17.6. The van der Waals surface area contributed by atoms with Crippen molar-refractivity contribution >= 4 is 11.9 Å². The van der Waals surface area contributed by atoms with Crippen LogP contribution in [0.2, 0.25) is 0 Å². The van der Waals surface area contributed by atoms with Gasteiger partial charge in [0, 0.05) is 64.6 Å². The molecule has 4 N–H and O–H groups in total. The van der Waals surface area contributed by atoms with Crippen molar-refractivity contribution in [1.29, 1.82) is 0 Å². The van der Waals surface area contributed by atoms with Crippen LogP contribution in [-0.4, -0.2) is 74.4 Å². The van der Waals surface area contributed by atoms with E-state index < -0.39 is 0 Å².